The summed E-state index contributed by atoms with van der Waals surface area (Å²) in [7, 11) is 0. The van der Waals surface area contributed by atoms with Crippen LogP contribution in [0, 0.1) is 6.92 Å². The number of nitrogens with one attached hydrogen (secondary N) is 2. The number of H-pyrrole nitrogens is 1. The van der Waals surface area contributed by atoms with Crippen molar-refractivity contribution in [1.29, 1.82) is 0 Å². The summed E-state index contributed by atoms with van der Waals surface area (Å²) in [6.45, 7) is 4.22. The summed E-state index contributed by atoms with van der Waals surface area (Å²) in [6.07, 6.45) is 3.82. The average Bonchev–Trinajstić information content (AvgIpc) is 3.14. The van der Waals surface area contributed by atoms with Crippen LogP contribution in [-0.4, -0.2) is 34.2 Å². The smallest absolute Gasteiger partial charge is 0.292 e. The van der Waals surface area contributed by atoms with E-state index in [2.05, 4.69) is 31.5 Å². The van der Waals surface area contributed by atoms with Gasteiger partial charge in [-0.15, -0.1) is 0 Å². The number of carbonyl (C=O) groups is 1. The first-order valence-electron chi connectivity index (χ1n) is 6.76. The summed E-state index contributed by atoms with van der Waals surface area (Å²) >= 11 is 0. The largest absolute Gasteiger partial charge is 0.372 e. The molecule has 0 unspecified atom stereocenters. The molecule has 2 heterocycles. The highest BCUT2D eigenvalue weighted by molar-refractivity contribution is 6.01. The number of hydrogen-bond donors (Lipinski definition) is 2. The average molecular weight is 271 g/mol. The fourth-order valence-corrected chi connectivity index (χ4v) is 2.46. The number of carbonyl (C=O) groups excluding carboxylic acids is 1. The van der Waals surface area contributed by atoms with Gasteiger partial charge in [-0.25, -0.2) is 4.98 Å². The molecule has 0 radical (unpaired) electrons. The van der Waals surface area contributed by atoms with E-state index in [1.165, 1.54) is 24.9 Å². The van der Waals surface area contributed by atoms with E-state index in [0.717, 1.165) is 24.3 Å². The highest BCUT2D eigenvalue weighted by atomic mass is 16.2. The van der Waals surface area contributed by atoms with E-state index >= 15 is 0 Å². The highest BCUT2D eigenvalue weighted by Crippen LogP contribution is 2.25. The number of benzene rings is 1. The summed E-state index contributed by atoms with van der Waals surface area (Å²) in [5.41, 5.74) is 3.06. The number of amides is 1. The van der Waals surface area contributed by atoms with Gasteiger partial charge in [0.15, 0.2) is 0 Å². The maximum absolute atomic E-state index is 11.9. The Morgan fingerprint density at radius 2 is 2.15 bits per heavy atom. The van der Waals surface area contributed by atoms with Crippen molar-refractivity contribution in [3.05, 3.63) is 35.9 Å². The van der Waals surface area contributed by atoms with Gasteiger partial charge in [0.05, 0.1) is 0 Å². The standard InChI is InChI=1S/C14H17N5O/c1-10-8-11(19-6-2-3-7-19)4-5-12(10)17-14(20)13-15-9-16-18-13/h4-5,8-9H,2-3,6-7H2,1H3,(H,17,20)(H,15,16,18). The second-order valence-electron chi connectivity index (χ2n) is 4.98. The lowest BCUT2D eigenvalue weighted by Crippen LogP contribution is -2.18. The molecule has 6 heteroatoms. The van der Waals surface area contributed by atoms with Crippen molar-refractivity contribution in [2.24, 2.45) is 0 Å². The number of aryl methyl sites for hydroxylation is 1. The van der Waals surface area contributed by atoms with Crippen LogP contribution in [0.4, 0.5) is 11.4 Å². The molecule has 20 heavy (non-hydrogen) atoms. The predicted molar refractivity (Wildman–Crippen MR) is 77.0 cm³/mol. The summed E-state index contributed by atoms with van der Waals surface area (Å²) in [5.74, 6) is -0.0625. The molecule has 2 aromatic rings. The minimum atomic E-state index is -0.278. The third kappa shape index (κ3) is 2.49. The Labute approximate surface area is 117 Å². The van der Waals surface area contributed by atoms with Crippen LogP contribution in [-0.2, 0) is 0 Å². The number of hydrogen-bond acceptors (Lipinski definition) is 4. The molecule has 1 fully saturated rings. The molecule has 2 N–H and O–H groups in total. The molecule has 0 spiro atoms. The zero-order valence-electron chi connectivity index (χ0n) is 11.4. The molecule has 0 atom stereocenters. The molecular formula is C14H17N5O. The molecule has 1 aliphatic heterocycles. The molecule has 0 aliphatic carbocycles. The zero-order chi connectivity index (χ0) is 13.9. The lowest BCUT2D eigenvalue weighted by molar-refractivity contribution is 0.101. The molecule has 104 valence electrons. The van der Waals surface area contributed by atoms with E-state index in [4.69, 9.17) is 0 Å². The normalized spacial score (nSPS) is 14.6. The Morgan fingerprint density at radius 1 is 1.35 bits per heavy atom. The molecule has 1 aromatic carbocycles. The summed E-state index contributed by atoms with van der Waals surface area (Å²) < 4.78 is 0. The third-order valence-corrected chi connectivity index (χ3v) is 3.56. The number of aromatic amines is 1. The Bertz CT molecular complexity index is 602. The van der Waals surface area contributed by atoms with Crippen molar-refractivity contribution < 1.29 is 4.79 Å². The Balaban J connectivity index is 1.75. The Kier molecular flexibility index (Phi) is 3.37. The van der Waals surface area contributed by atoms with E-state index in [0.29, 0.717) is 0 Å². The van der Waals surface area contributed by atoms with Gasteiger partial charge in [0, 0.05) is 24.5 Å². The molecule has 0 bridgehead atoms. The number of aromatic nitrogens is 3. The van der Waals surface area contributed by atoms with E-state index in [9.17, 15) is 4.79 Å². The summed E-state index contributed by atoms with van der Waals surface area (Å²) in [6, 6.07) is 6.10. The molecule has 1 saturated heterocycles. The molecule has 1 amide bonds. The third-order valence-electron chi connectivity index (χ3n) is 3.56. The minimum Gasteiger partial charge on any atom is -0.372 e. The monoisotopic (exact) mass is 271 g/mol. The zero-order valence-corrected chi connectivity index (χ0v) is 11.4. The maximum Gasteiger partial charge on any atom is 0.292 e. The molecular weight excluding hydrogens is 254 g/mol. The maximum atomic E-state index is 11.9. The van der Waals surface area contributed by atoms with E-state index < -0.39 is 0 Å². The van der Waals surface area contributed by atoms with Crippen LogP contribution in [0.2, 0.25) is 0 Å². The van der Waals surface area contributed by atoms with Gasteiger partial charge in [0.25, 0.3) is 5.91 Å². The van der Waals surface area contributed by atoms with Crippen molar-refractivity contribution in [2.75, 3.05) is 23.3 Å². The van der Waals surface area contributed by atoms with Crippen LogP contribution in [0.25, 0.3) is 0 Å². The van der Waals surface area contributed by atoms with Crippen molar-refractivity contribution in [2.45, 2.75) is 19.8 Å². The second-order valence-corrected chi connectivity index (χ2v) is 4.98. The van der Waals surface area contributed by atoms with Gasteiger partial charge in [0.2, 0.25) is 5.82 Å². The van der Waals surface area contributed by atoms with Crippen molar-refractivity contribution in [3.63, 3.8) is 0 Å². The highest BCUT2D eigenvalue weighted by Gasteiger charge is 2.14. The van der Waals surface area contributed by atoms with Crippen LogP contribution in [0.15, 0.2) is 24.5 Å². The summed E-state index contributed by atoms with van der Waals surface area (Å²) in [4.78, 5) is 18.1. The van der Waals surface area contributed by atoms with Crippen molar-refractivity contribution >= 4 is 17.3 Å². The van der Waals surface area contributed by atoms with Crippen LogP contribution in [0.1, 0.15) is 29.0 Å². The SMILES string of the molecule is Cc1cc(N2CCCC2)ccc1NC(=O)c1ncn[nH]1. The summed E-state index contributed by atoms with van der Waals surface area (Å²) in [5, 5.41) is 9.06. The molecule has 0 saturated carbocycles. The van der Waals surface area contributed by atoms with Crippen LogP contribution < -0.4 is 10.2 Å². The molecule has 3 rings (SSSR count). The predicted octanol–water partition coefficient (Wildman–Crippen LogP) is 1.97. The number of anilines is 2. The lowest BCUT2D eigenvalue weighted by atomic mass is 10.1. The van der Waals surface area contributed by atoms with Gasteiger partial charge in [0.1, 0.15) is 6.33 Å². The molecule has 1 aliphatic rings. The quantitative estimate of drug-likeness (QED) is 0.895. The van der Waals surface area contributed by atoms with Gasteiger partial charge >= 0.3 is 0 Å². The van der Waals surface area contributed by atoms with E-state index in [1.54, 1.807) is 0 Å². The minimum absolute atomic E-state index is 0.216. The van der Waals surface area contributed by atoms with Crippen LogP contribution in [0.5, 0.6) is 0 Å². The Morgan fingerprint density at radius 3 is 2.80 bits per heavy atom. The van der Waals surface area contributed by atoms with E-state index in [1.807, 2.05) is 19.1 Å². The van der Waals surface area contributed by atoms with Gasteiger partial charge in [-0.2, -0.15) is 5.10 Å². The lowest BCUT2D eigenvalue weighted by Gasteiger charge is -2.19. The van der Waals surface area contributed by atoms with Crippen LogP contribution in [0.3, 0.4) is 0 Å². The molecule has 6 nitrogen and oxygen atoms in total. The van der Waals surface area contributed by atoms with Crippen molar-refractivity contribution in [3.8, 4) is 0 Å². The van der Waals surface area contributed by atoms with Gasteiger partial charge < -0.3 is 10.2 Å². The first-order valence-corrected chi connectivity index (χ1v) is 6.76. The second kappa shape index (κ2) is 5.32. The van der Waals surface area contributed by atoms with Crippen LogP contribution >= 0.6 is 0 Å². The Hall–Kier alpha value is -2.37. The first kappa shape index (κ1) is 12.7. The van der Waals surface area contributed by atoms with E-state index in [-0.39, 0.29) is 11.7 Å². The number of rotatable bonds is 3. The fourth-order valence-electron chi connectivity index (χ4n) is 2.46. The topological polar surface area (TPSA) is 73.9 Å². The molecule has 1 aromatic heterocycles. The van der Waals surface area contributed by atoms with Gasteiger partial charge in [-0.05, 0) is 43.5 Å². The first-order chi connectivity index (χ1) is 9.74. The van der Waals surface area contributed by atoms with Gasteiger partial charge in [-0.1, -0.05) is 0 Å². The number of nitrogens with zero attached hydrogens (tertiary/aromatic N) is 3. The van der Waals surface area contributed by atoms with Crippen molar-refractivity contribution in [1.82, 2.24) is 15.2 Å². The van der Waals surface area contributed by atoms with Gasteiger partial charge in [-0.3, -0.25) is 9.89 Å². The fraction of sp³-hybridized carbons (Fsp3) is 0.357.